The summed E-state index contributed by atoms with van der Waals surface area (Å²) in [7, 11) is 0. The van der Waals surface area contributed by atoms with Crippen molar-refractivity contribution in [3.05, 3.63) is 12.3 Å². The number of quaternary nitrogens is 1. The quantitative estimate of drug-likeness (QED) is 0.0819. The molecular weight excluding hydrogens is 494 g/mol. The zero-order valence-corrected chi connectivity index (χ0v) is 25.5. The summed E-state index contributed by atoms with van der Waals surface area (Å²) in [5.74, 6) is -3.96. The van der Waals surface area contributed by atoms with Crippen LogP contribution in [0.15, 0.2) is 12.3 Å². The zero-order chi connectivity index (χ0) is 29.5. The zero-order valence-electron chi connectivity index (χ0n) is 25.5. The number of aliphatic carboxylic acids is 3. The van der Waals surface area contributed by atoms with E-state index in [4.69, 9.17) is 0 Å². The summed E-state index contributed by atoms with van der Waals surface area (Å²) in [6.07, 6.45) is 28.6. The molecule has 0 aromatic carbocycles. The lowest BCUT2D eigenvalue weighted by Crippen LogP contribution is -2.68. The van der Waals surface area contributed by atoms with Gasteiger partial charge in [0.1, 0.15) is 6.04 Å². The SMILES string of the molecule is CCCCCCCCCCCCCCCCCCCCC/C=C/[N+](C(C)C(=O)[O-])(C(C)C(=O)O)C(C)C(=O)O. The number of hydrogen-bond donors (Lipinski definition) is 2. The van der Waals surface area contributed by atoms with Gasteiger partial charge in [0.2, 0.25) is 0 Å². The average Bonchev–Trinajstić information content (AvgIpc) is 2.90. The predicted octanol–water partition coefficient (Wildman–Crippen LogP) is 7.22. The fourth-order valence-electron chi connectivity index (χ4n) is 5.56. The molecule has 0 aliphatic carbocycles. The van der Waals surface area contributed by atoms with Gasteiger partial charge >= 0.3 is 11.9 Å². The highest BCUT2D eigenvalue weighted by Gasteiger charge is 2.49. The number of rotatable bonds is 27. The van der Waals surface area contributed by atoms with E-state index in [-0.39, 0.29) is 0 Å². The van der Waals surface area contributed by atoms with Gasteiger partial charge in [-0.3, -0.25) is 4.48 Å². The van der Waals surface area contributed by atoms with Crippen LogP contribution in [-0.4, -0.2) is 50.7 Å². The maximum absolute atomic E-state index is 11.8. The van der Waals surface area contributed by atoms with Gasteiger partial charge in [-0.15, -0.1) is 0 Å². The fraction of sp³-hybridized carbons (Fsp3) is 0.844. The topological polar surface area (TPSA) is 115 Å². The summed E-state index contributed by atoms with van der Waals surface area (Å²) in [4.78, 5) is 35.2. The van der Waals surface area contributed by atoms with Crippen LogP contribution in [0.4, 0.5) is 0 Å². The van der Waals surface area contributed by atoms with E-state index in [0.717, 1.165) is 19.3 Å². The fourth-order valence-corrected chi connectivity index (χ4v) is 5.56. The van der Waals surface area contributed by atoms with Gasteiger partial charge in [-0.1, -0.05) is 122 Å². The van der Waals surface area contributed by atoms with Gasteiger partial charge in [0.05, 0.1) is 12.2 Å². The van der Waals surface area contributed by atoms with E-state index in [1.807, 2.05) is 0 Å². The smallest absolute Gasteiger partial charge is 0.362 e. The molecule has 0 saturated heterocycles. The molecule has 7 heteroatoms. The number of carbonyl (C=O) groups is 3. The Morgan fingerprint density at radius 1 is 0.590 bits per heavy atom. The van der Waals surface area contributed by atoms with Gasteiger partial charge in [0.15, 0.2) is 12.1 Å². The Kier molecular flexibility index (Phi) is 21.8. The van der Waals surface area contributed by atoms with Crippen molar-refractivity contribution in [3.8, 4) is 0 Å². The molecule has 0 rings (SSSR count). The van der Waals surface area contributed by atoms with Crippen LogP contribution >= 0.6 is 0 Å². The lowest BCUT2D eigenvalue weighted by atomic mass is 10.0. The van der Waals surface area contributed by atoms with Crippen LogP contribution in [0.1, 0.15) is 156 Å². The highest BCUT2D eigenvalue weighted by Crippen LogP contribution is 2.27. The molecule has 0 bridgehead atoms. The molecule has 7 nitrogen and oxygen atoms in total. The summed E-state index contributed by atoms with van der Waals surface area (Å²) >= 11 is 0. The van der Waals surface area contributed by atoms with Crippen LogP contribution in [-0.2, 0) is 14.4 Å². The third-order valence-electron chi connectivity index (χ3n) is 8.41. The number of allylic oxidation sites excluding steroid dienone is 1. The van der Waals surface area contributed by atoms with Crippen molar-refractivity contribution in [2.24, 2.45) is 0 Å². The largest absolute Gasteiger partial charge is 0.544 e. The minimum atomic E-state index is -1.47. The van der Waals surface area contributed by atoms with Gasteiger partial charge in [0, 0.05) is 0 Å². The summed E-state index contributed by atoms with van der Waals surface area (Å²) in [6, 6.07) is -3.81. The summed E-state index contributed by atoms with van der Waals surface area (Å²) < 4.78 is -0.716. The highest BCUT2D eigenvalue weighted by atomic mass is 16.4. The Morgan fingerprint density at radius 3 is 1.18 bits per heavy atom. The first-order valence-electron chi connectivity index (χ1n) is 15.8. The molecule has 39 heavy (non-hydrogen) atoms. The lowest BCUT2D eigenvalue weighted by molar-refractivity contribution is -0.923. The van der Waals surface area contributed by atoms with Crippen molar-refractivity contribution < 1.29 is 34.2 Å². The lowest BCUT2D eigenvalue weighted by Gasteiger charge is -2.46. The molecule has 0 radical (unpaired) electrons. The monoisotopic (exact) mass is 553 g/mol. The molecule has 0 aromatic rings. The molecule has 228 valence electrons. The van der Waals surface area contributed by atoms with Crippen molar-refractivity contribution >= 4 is 17.9 Å². The van der Waals surface area contributed by atoms with E-state index in [0.29, 0.717) is 6.42 Å². The molecular formula is C32H59NO6. The molecule has 0 aromatic heterocycles. The van der Waals surface area contributed by atoms with Crippen LogP contribution in [0.5, 0.6) is 0 Å². The normalized spacial score (nSPS) is 15.6. The Labute approximate surface area is 238 Å². The number of hydrogen-bond acceptors (Lipinski definition) is 4. The van der Waals surface area contributed by atoms with Crippen molar-refractivity contribution in [3.63, 3.8) is 0 Å². The Hall–Kier alpha value is -1.89. The van der Waals surface area contributed by atoms with E-state index in [1.165, 1.54) is 130 Å². The van der Waals surface area contributed by atoms with Gasteiger partial charge in [-0.25, -0.2) is 9.59 Å². The third-order valence-corrected chi connectivity index (χ3v) is 8.41. The second kappa shape index (κ2) is 22.9. The van der Waals surface area contributed by atoms with Gasteiger partial charge in [-0.05, 0) is 39.7 Å². The van der Waals surface area contributed by atoms with Crippen molar-refractivity contribution in [1.82, 2.24) is 0 Å². The van der Waals surface area contributed by atoms with E-state index < -0.39 is 40.5 Å². The second-order valence-electron chi connectivity index (χ2n) is 11.5. The van der Waals surface area contributed by atoms with Crippen LogP contribution in [0.3, 0.4) is 0 Å². The first-order chi connectivity index (χ1) is 18.6. The first-order valence-corrected chi connectivity index (χ1v) is 15.8. The van der Waals surface area contributed by atoms with Gasteiger partial charge in [-0.2, -0.15) is 0 Å². The number of unbranched alkanes of at least 4 members (excludes halogenated alkanes) is 19. The first kappa shape index (κ1) is 37.1. The molecule has 0 saturated carbocycles. The van der Waals surface area contributed by atoms with Gasteiger partial charge < -0.3 is 20.1 Å². The Bertz CT molecular complexity index is 642. The maximum Gasteiger partial charge on any atom is 0.362 e. The van der Waals surface area contributed by atoms with Crippen molar-refractivity contribution in [2.75, 3.05) is 0 Å². The van der Waals surface area contributed by atoms with E-state index in [1.54, 1.807) is 6.08 Å². The van der Waals surface area contributed by atoms with E-state index >= 15 is 0 Å². The third kappa shape index (κ3) is 15.5. The summed E-state index contributed by atoms with van der Waals surface area (Å²) in [5.41, 5.74) is 0. The minimum Gasteiger partial charge on any atom is -0.544 e. The number of carboxylic acid groups (broad SMARTS) is 3. The Balaban J connectivity index is 4.08. The van der Waals surface area contributed by atoms with E-state index in [9.17, 15) is 29.7 Å². The van der Waals surface area contributed by atoms with Gasteiger partial charge in [0.25, 0.3) is 0 Å². The molecule has 3 atom stereocenters. The predicted molar refractivity (Wildman–Crippen MR) is 156 cm³/mol. The number of carboxylic acids is 3. The Morgan fingerprint density at radius 2 is 0.897 bits per heavy atom. The molecule has 0 spiro atoms. The average molecular weight is 554 g/mol. The van der Waals surface area contributed by atoms with E-state index in [2.05, 4.69) is 6.92 Å². The number of nitrogens with zero attached hydrogens (tertiary/aromatic N) is 1. The molecule has 2 N–H and O–H groups in total. The number of carbonyl (C=O) groups excluding carboxylic acids is 1. The standard InChI is InChI=1S/C32H59NO6/c1-5-6-7-8-9-10-11-12-13-14-15-16-17-18-19-20-21-22-23-24-25-26-33(27(2)30(34)35,28(3)31(36)37)29(4)32(38)39/h25-29H,5-24H2,1-4H3,(H2-,34,35,36,37,38,39)/b26-25+. The molecule has 0 aliphatic rings. The summed E-state index contributed by atoms with van der Waals surface area (Å²) in [6.45, 7) is 6.28. The molecule has 0 heterocycles. The molecule has 0 fully saturated rings. The molecule has 0 aliphatic heterocycles. The van der Waals surface area contributed by atoms with Crippen molar-refractivity contribution in [2.45, 2.75) is 174 Å². The molecule has 0 amide bonds. The van der Waals surface area contributed by atoms with Crippen LogP contribution in [0.2, 0.25) is 0 Å². The van der Waals surface area contributed by atoms with Crippen LogP contribution in [0, 0.1) is 0 Å². The second-order valence-corrected chi connectivity index (χ2v) is 11.5. The summed E-state index contributed by atoms with van der Waals surface area (Å²) in [5, 5.41) is 30.9. The highest BCUT2D eigenvalue weighted by molar-refractivity contribution is 5.77. The maximum atomic E-state index is 11.8. The van der Waals surface area contributed by atoms with Crippen LogP contribution < -0.4 is 5.11 Å². The van der Waals surface area contributed by atoms with Crippen LogP contribution in [0.25, 0.3) is 0 Å². The minimum absolute atomic E-state index is 0.650. The molecule has 3 unspecified atom stereocenters. The van der Waals surface area contributed by atoms with Crippen molar-refractivity contribution in [1.29, 1.82) is 0 Å².